The van der Waals surface area contributed by atoms with Gasteiger partial charge in [0.2, 0.25) is 0 Å². The average molecular weight is 194 g/mol. The van der Waals surface area contributed by atoms with Crippen molar-refractivity contribution in [2.45, 2.75) is 26.1 Å². The van der Waals surface area contributed by atoms with Crippen LogP contribution in [0.3, 0.4) is 0 Å². The van der Waals surface area contributed by atoms with E-state index in [1.165, 1.54) is 4.31 Å². The molecule has 5 nitrogen and oxygen atoms in total. The Morgan fingerprint density at radius 2 is 1.75 bits per heavy atom. The standard InChI is InChI=1S/C6H14N2O3S/c1-5-3-8(12(7,9)10)4-6(2)11-5/h5-6H,3-4H2,1-2H3,(H2,7,9,10)/t5-,6-/m1/s1. The molecule has 0 radical (unpaired) electrons. The Morgan fingerprint density at radius 3 is 2.08 bits per heavy atom. The van der Waals surface area contributed by atoms with Crippen molar-refractivity contribution in [2.24, 2.45) is 5.14 Å². The van der Waals surface area contributed by atoms with Crippen LogP contribution in [0.1, 0.15) is 13.8 Å². The monoisotopic (exact) mass is 194 g/mol. The first-order valence-corrected chi connectivity index (χ1v) is 5.33. The number of rotatable bonds is 1. The second-order valence-electron chi connectivity index (χ2n) is 3.12. The van der Waals surface area contributed by atoms with Gasteiger partial charge in [0.25, 0.3) is 10.2 Å². The zero-order chi connectivity index (χ0) is 9.35. The van der Waals surface area contributed by atoms with E-state index in [1.54, 1.807) is 0 Å². The van der Waals surface area contributed by atoms with Gasteiger partial charge in [-0.2, -0.15) is 12.7 Å². The third kappa shape index (κ3) is 2.41. The summed E-state index contributed by atoms with van der Waals surface area (Å²) in [6.45, 7) is 4.36. The molecule has 1 aliphatic heterocycles. The van der Waals surface area contributed by atoms with Crippen LogP contribution in [0.5, 0.6) is 0 Å². The van der Waals surface area contributed by atoms with Gasteiger partial charge in [-0.15, -0.1) is 0 Å². The van der Waals surface area contributed by atoms with Crippen molar-refractivity contribution >= 4 is 10.2 Å². The van der Waals surface area contributed by atoms with Crippen LogP contribution in [0.25, 0.3) is 0 Å². The lowest BCUT2D eigenvalue weighted by molar-refractivity contribution is -0.0440. The van der Waals surface area contributed by atoms with Crippen molar-refractivity contribution in [3.63, 3.8) is 0 Å². The van der Waals surface area contributed by atoms with Crippen molar-refractivity contribution in [2.75, 3.05) is 13.1 Å². The molecule has 0 aromatic heterocycles. The molecule has 0 unspecified atom stereocenters. The number of hydrogen-bond donors (Lipinski definition) is 1. The van der Waals surface area contributed by atoms with Gasteiger partial charge in [-0.25, -0.2) is 5.14 Å². The zero-order valence-electron chi connectivity index (χ0n) is 7.23. The van der Waals surface area contributed by atoms with Crippen molar-refractivity contribution in [1.82, 2.24) is 4.31 Å². The smallest absolute Gasteiger partial charge is 0.277 e. The molecule has 0 aliphatic carbocycles. The molecule has 72 valence electrons. The van der Waals surface area contributed by atoms with E-state index in [4.69, 9.17) is 9.88 Å². The van der Waals surface area contributed by atoms with Crippen LogP contribution in [0, 0.1) is 0 Å². The lowest BCUT2D eigenvalue weighted by atomic mass is 10.3. The normalized spacial score (nSPS) is 33.6. The molecule has 12 heavy (non-hydrogen) atoms. The molecule has 1 fully saturated rings. The van der Waals surface area contributed by atoms with Gasteiger partial charge in [0.15, 0.2) is 0 Å². The molecule has 0 aromatic rings. The van der Waals surface area contributed by atoms with Crippen LogP contribution in [0.4, 0.5) is 0 Å². The van der Waals surface area contributed by atoms with Gasteiger partial charge in [0.05, 0.1) is 12.2 Å². The number of ether oxygens (including phenoxy) is 1. The number of hydrogen-bond acceptors (Lipinski definition) is 3. The molecule has 1 rings (SSSR count). The minimum absolute atomic E-state index is 0.0768. The van der Waals surface area contributed by atoms with Crippen LogP contribution in [-0.2, 0) is 14.9 Å². The molecule has 0 saturated carbocycles. The Hall–Kier alpha value is -0.170. The van der Waals surface area contributed by atoms with Crippen molar-refractivity contribution in [3.8, 4) is 0 Å². The van der Waals surface area contributed by atoms with Crippen molar-refractivity contribution in [3.05, 3.63) is 0 Å². The topological polar surface area (TPSA) is 72.6 Å². The fourth-order valence-electron chi connectivity index (χ4n) is 1.34. The Labute approximate surface area is 72.7 Å². The summed E-state index contributed by atoms with van der Waals surface area (Å²) in [4.78, 5) is 0. The van der Waals surface area contributed by atoms with E-state index in [0.717, 1.165) is 0 Å². The van der Waals surface area contributed by atoms with E-state index in [1.807, 2.05) is 13.8 Å². The predicted molar refractivity (Wildman–Crippen MR) is 44.7 cm³/mol. The van der Waals surface area contributed by atoms with E-state index in [0.29, 0.717) is 13.1 Å². The molecule has 2 N–H and O–H groups in total. The van der Waals surface area contributed by atoms with Crippen molar-refractivity contribution in [1.29, 1.82) is 0 Å². The molecule has 0 bridgehead atoms. The summed E-state index contributed by atoms with van der Waals surface area (Å²) < 4.78 is 28.4. The summed E-state index contributed by atoms with van der Waals surface area (Å²) in [7, 11) is -3.54. The van der Waals surface area contributed by atoms with E-state index >= 15 is 0 Å². The van der Waals surface area contributed by atoms with E-state index in [2.05, 4.69) is 0 Å². The lowest BCUT2D eigenvalue weighted by Gasteiger charge is -2.33. The van der Waals surface area contributed by atoms with Crippen LogP contribution in [0.2, 0.25) is 0 Å². The highest BCUT2D eigenvalue weighted by Crippen LogP contribution is 2.11. The molecule has 1 saturated heterocycles. The van der Waals surface area contributed by atoms with Gasteiger partial charge in [-0.05, 0) is 13.8 Å². The molecule has 0 spiro atoms. The second kappa shape index (κ2) is 3.29. The molecular weight excluding hydrogens is 180 g/mol. The number of nitrogens with zero attached hydrogens (tertiary/aromatic N) is 1. The minimum atomic E-state index is -3.54. The molecule has 2 atom stereocenters. The Bertz CT molecular complexity index is 242. The number of morpholine rings is 1. The Kier molecular flexibility index (Phi) is 2.72. The van der Waals surface area contributed by atoms with E-state index in [-0.39, 0.29) is 12.2 Å². The van der Waals surface area contributed by atoms with Crippen molar-refractivity contribution < 1.29 is 13.2 Å². The summed E-state index contributed by atoms with van der Waals surface area (Å²) in [5, 5.41) is 4.98. The van der Waals surface area contributed by atoms with Gasteiger partial charge in [-0.1, -0.05) is 0 Å². The Balaban J connectivity index is 2.68. The summed E-state index contributed by atoms with van der Waals surface area (Å²) >= 11 is 0. The van der Waals surface area contributed by atoms with Gasteiger partial charge < -0.3 is 4.74 Å². The molecule has 1 heterocycles. The van der Waals surface area contributed by atoms with Crippen LogP contribution in [-0.4, -0.2) is 38.0 Å². The summed E-state index contributed by atoms with van der Waals surface area (Å²) in [6, 6.07) is 0. The molecule has 0 aromatic carbocycles. The molecule has 6 heteroatoms. The quantitative estimate of drug-likeness (QED) is 0.600. The highest BCUT2D eigenvalue weighted by atomic mass is 32.2. The Morgan fingerprint density at radius 1 is 1.33 bits per heavy atom. The van der Waals surface area contributed by atoms with E-state index < -0.39 is 10.2 Å². The third-order valence-corrected chi connectivity index (χ3v) is 2.76. The molecular formula is C6H14N2O3S. The maximum atomic E-state index is 10.9. The second-order valence-corrected chi connectivity index (χ2v) is 4.67. The fraction of sp³-hybridized carbons (Fsp3) is 1.00. The molecule has 0 amide bonds. The summed E-state index contributed by atoms with van der Waals surface area (Å²) in [5.74, 6) is 0. The largest absolute Gasteiger partial charge is 0.373 e. The summed E-state index contributed by atoms with van der Waals surface area (Å²) in [6.07, 6.45) is -0.154. The first kappa shape index (κ1) is 9.91. The van der Waals surface area contributed by atoms with Gasteiger partial charge in [0.1, 0.15) is 0 Å². The highest BCUT2D eigenvalue weighted by molar-refractivity contribution is 7.86. The van der Waals surface area contributed by atoms with Gasteiger partial charge in [-0.3, -0.25) is 0 Å². The zero-order valence-corrected chi connectivity index (χ0v) is 8.04. The van der Waals surface area contributed by atoms with Gasteiger partial charge >= 0.3 is 0 Å². The maximum Gasteiger partial charge on any atom is 0.277 e. The predicted octanol–water partition coefficient (Wildman–Crippen LogP) is -0.701. The third-order valence-electron chi connectivity index (χ3n) is 1.75. The van der Waals surface area contributed by atoms with Crippen LogP contribution in [0.15, 0.2) is 0 Å². The van der Waals surface area contributed by atoms with Gasteiger partial charge in [0, 0.05) is 13.1 Å². The highest BCUT2D eigenvalue weighted by Gasteiger charge is 2.28. The fourth-order valence-corrected chi connectivity index (χ4v) is 2.17. The minimum Gasteiger partial charge on any atom is -0.373 e. The summed E-state index contributed by atoms with van der Waals surface area (Å²) in [5.41, 5.74) is 0. The first-order chi connectivity index (χ1) is 5.39. The van der Waals surface area contributed by atoms with Crippen LogP contribution < -0.4 is 5.14 Å². The lowest BCUT2D eigenvalue weighted by Crippen LogP contribution is -2.50. The average Bonchev–Trinajstić information content (AvgIpc) is 1.82. The van der Waals surface area contributed by atoms with Crippen LogP contribution >= 0.6 is 0 Å². The first-order valence-electron chi connectivity index (χ1n) is 3.83. The maximum absolute atomic E-state index is 10.9. The van der Waals surface area contributed by atoms with E-state index in [9.17, 15) is 8.42 Å². The SMILES string of the molecule is C[C@@H]1CN(S(N)(=O)=O)C[C@@H](C)O1. The number of nitrogens with two attached hydrogens (primary N) is 1. The molecule has 1 aliphatic rings.